The van der Waals surface area contributed by atoms with Crippen molar-refractivity contribution in [2.45, 2.75) is 26.2 Å². The van der Waals surface area contributed by atoms with Crippen LogP contribution in [-0.4, -0.2) is 15.0 Å². The van der Waals surface area contributed by atoms with Crippen molar-refractivity contribution >= 4 is 16.9 Å². The Morgan fingerprint density at radius 3 is 2.62 bits per heavy atom. The molecule has 0 atom stereocenters. The summed E-state index contributed by atoms with van der Waals surface area (Å²) in [6.07, 6.45) is 1.65. The van der Waals surface area contributed by atoms with Gasteiger partial charge in [0.25, 0.3) is 5.82 Å². The molecule has 2 aromatic heterocycles. The van der Waals surface area contributed by atoms with Crippen LogP contribution in [0.2, 0.25) is 0 Å². The zero-order valence-electron chi connectivity index (χ0n) is 9.52. The van der Waals surface area contributed by atoms with Crippen LogP contribution in [0.15, 0.2) is 18.3 Å². The summed E-state index contributed by atoms with van der Waals surface area (Å²) in [4.78, 5) is 16.2. The number of aromatic nitrogens is 3. The van der Waals surface area contributed by atoms with E-state index in [0.717, 1.165) is 5.52 Å². The van der Waals surface area contributed by atoms with Gasteiger partial charge in [0.2, 0.25) is 5.82 Å². The number of hydrogen-bond acceptors (Lipinski definition) is 3. The third-order valence-electron chi connectivity index (χ3n) is 2.21. The molecule has 0 aromatic carbocycles. The number of fused-ring (bicyclic) bond motifs is 1. The number of rotatable bonds is 0. The Kier molecular flexibility index (Phi) is 2.31. The monoisotopic (exact) mass is 212 g/mol. The van der Waals surface area contributed by atoms with Gasteiger partial charge in [-0.3, -0.25) is 4.98 Å². The molecule has 0 fully saturated rings. The molecule has 4 nitrogen and oxygen atoms in total. The maximum absolute atomic E-state index is 7.12. The van der Waals surface area contributed by atoms with Gasteiger partial charge >= 0.3 is 0 Å². The molecule has 0 bridgehead atoms. The average Bonchev–Trinajstić information content (AvgIpc) is 2.26. The van der Waals surface area contributed by atoms with Crippen LogP contribution in [0.4, 0.5) is 5.82 Å². The highest BCUT2D eigenvalue weighted by atomic mass is 15.0. The van der Waals surface area contributed by atoms with E-state index in [-0.39, 0.29) is 5.41 Å². The molecule has 2 heterocycles. The fraction of sp³-hybridized carbons (Fsp3) is 0.333. The second kappa shape index (κ2) is 3.53. The van der Waals surface area contributed by atoms with Crippen LogP contribution in [0.3, 0.4) is 0 Å². The first-order valence-electron chi connectivity index (χ1n) is 5.03. The Hall–Kier alpha value is -2.02. The standard InChI is InChI=1S/C12H12N4/c1-12(2,3)11-15-8-6-5-7-14-9(8)10(13-4)16-11/h5-7H,1-3H3. The highest BCUT2D eigenvalue weighted by Gasteiger charge is 2.23. The minimum atomic E-state index is -0.163. The van der Waals surface area contributed by atoms with Crippen molar-refractivity contribution in [3.05, 3.63) is 35.6 Å². The number of nitrogens with zero attached hydrogens (tertiary/aromatic N) is 4. The normalized spacial score (nSPS) is 11.4. The minimum Gasteiger partial charge on any atom is -0.359 e. The largest absolute Gasteiger partial charge is 0.359 e. The van der Waals surface area contributed by atoms with Crippen LogP contribution in [-0.2, 0) is 5.41 Å². The molecule has 80 valence electrons. The van der Waals surface area contributed by atoms with Crippen molar-refractivity contribution in [2.75, 3.05) is 0 Å². The fourth-order valence-corrected chi connectivity index (χ4v) is 1.37. The summed E-state index contributed by atoms with van der Waals surface area (Å²) in [5, 5.41) is 0. The van der Waals surface area contributed by atoms with Gasteiger partial charge in [0.1, 0.15) is 5.52 Å². The van der Waals surface area contributed by atoms with E-state index >= 15 is 0 Å². The highest BCUT2D eigenvalue weighted by molar-refractivity contribution is 5.85. The lowest BCUT2D eigenvalue weighted by Crippen LogP contribution is -2.15. The molecular formula is C12H12N4. The van der Waals surface area contributed by atoms with Gasteiger partial charge in [-0.25, -0.2) is 4.98 Å². The third-order valence-corrected chi connectivity index (χ3v) is 2.21. The highest BCUT2D eigenvalue weighted by Crippen LogP contribution is 2.25. The van der Waals surface area contributed by atoms with Gasteiger partial charge in [0.15, 0.2) is 0 Å². The summed E-state index contributed by atoms with van der Waals surface area (Å²) in [7, 11) is 0. The Labute approximate surface area is 94.2 Å². The van der Waals surface area contributed by atoms with Crippen LogP contribution in [0.1, 0.15) is 26.6 Å². The van der Waals surface area contributed by atoms with Gasteiger partial charge < -0.3 is 4.85 Å². The van der Waals surface area contributed by atoms with Crippen LogP contribution >= 0.6 is 0 Å². The lowest BCUT2D eigenvalue weighted by atomic mass is 9.95. The van der Waals surface area contributed by atoms with Crippen LogP contribution in [0.5, 0.6) is 0 Å². The molecule has 2 rings (SSSR count). The number of hydrogen-bond donors (Lipinski definition) is 0. The van der Waals surface area contributed by atoms with Crippen LogP contribution in [0.25, 0.3) is 15.9 Å². The molecule has 0 radical (unpaired) electrons. The molecular weight excluding hydrogens is 200 g/mol. The van der Waals surface area contributed by atoms with E-state index in [2.05, 4.69) is 19.8 Å². The van der Waals surface area contributed by atoms with Crippen molar-refractivity contribution in [2.24, 2.45) is 0 Å². The quantitative estimate of drug-likeness (QED) is 0.630. The first-order valence-corrected chi connectivity index (χ1v) is 5.03. The number of pyridine rings is 1. The predicted octanol–water partition coefficient (Wildman–Crippen LogP) is 2.87. The Balaban J connectivity index is 2.80. The Bertz CT molecular complexity index is 576. The zero-order chi connectivity index (χ0) is 11.8. The maximum atomic E-state index is 7.12. The van der Waals surface area contributed by atoms with E-state index in [4.69, 9.17) is 6.57 Å². The lowest BCUT2D eigenvalue weighted by Gasteiger charge is -2.13. The molecule has 0 saturated heterocycles. The summed E-state index contributed by atoms with van der Waals surface area (Å²) in [5.41, 5.74) is 1.14. The smallest absolute Gasteiger partial charge is 0.299 e. The molecule has 4 heteroatoms. The maximum Gasteiger partial charge on any atom is 0.299 e. The summed E-state index contributed by atoms with van der Waals surface area (Å²) >= 11 is 0. The van der Waals surface area contributed by atoms with Gasteiger partial charge in [-0.05, 0) is 12.1 Å². The summed E-state index contributed by atoms with van der Waals surface area (Å²) in [6, 6.07) is 3.67. The van der Waals surface area contributed by atoms with Gasteiger partial charge in [0.05, 0.1) is 5.52 Å². The molecule has 0 amide bonds. The molecule has 0 N–H and O–H groups in total. The molecule has 0 aliphatic carbocycles. The van der Waals surface area contributed by atoms with Gasteiger partial charge in [-0.15, -0.1) is 4.98 Å². The van der Waals surface area contributed by atoms with E-state index in [1.54, 1.807) is 6.20 Å². The van der Waals surface area contributed by atoms with E-state index < -0.39 is 0 Å². The van der Waals surface area contributed by atoms with Crippen molar-refractivity contribution in [1.82, 2.24) is 15.0 Å². The molecule has 0 saturated carbocycles. The second-order valence-electron chi connectivity index (χ2n) is 4.60. The first kappa shape index (κ1) is 10.5. The van der Waals surface area contributed by atoms with Crippen LogP contribution < -0.4 is 0 Å². The molecule has 16 heavy (non-hydrogen) atoms. The zero-order valence-corrected chi connectivity index (χ0v) is 9.52. The minimum absolute atomic E-state index is 0.163. The SMILES string of the molecule is [C-]#[N+]c1nc(C(C)(C)C)nc2cccnc12. The lowest BCUT2D eigenvalue weighted by molar-refractivity contribution is 0.549. The van der Waals surface area contributed by atoms with Gasteiger partial charge in [0, 0.05) is 11.6 Å². The Morgan fingerprint density at radius 2 is 2.00 bits per heavy atom. The summed E-state index contributed by atoms with van der Waals surface area (Å²) in [5.74, 6) is 1.01. The van der Waals surface area contributed by atoms with Crippen molar-refractivity contribution in [3.8, 4) is 0 Å². The molecule has 0 spiro atoms. The fourth-order valence-electron chi connectivity index (χ4n) is 1.37. The van der Waals surface area contributed by atoms with E-state index in [1.165, 1.54) is 0 Å². The molecule has 0 unspecified atom stereocenters. The van der Waals surface area contributed by atoms with Crippen molar-refractivity contribution < 1.29 is 0 Å². The summed E-state index contributed by atoms with van der Waals surface area (Å²) < 4.78 is 0. The third kappa shape index (κ3) is 1.72. The molecule has 2 aromatic rings. The predicted molar refractivity (Wildman–Crippen MR) is 62.3 cm³/mol. The Morgan fingerprint density at radius 1 is 1.25 bits per heavy atom. The average molecular weight is 212 g/mol. The first-order chi connectivity index (χ1) is 7.52. The molecule has 0 aliphatic heterocycles. The van der Waals surface area contributed by atoms with Gasteiger partial charge in [-0.1, -0.05) is 27.3 Å². The van der Waals surface area contributed by atoms with Crippen molar-refractivity contribution in [3.63, 3.8) is 0 Å². The van der Waals surface area contributed by atoms with E-state index in [0.29, 0.717) is 17.2 Å². The van der Waals surface area contributed by atoms with E-state index in [9.17, 15) is 0 Å². The van der Waals surface area contributed by atoms with Gasteiger partial charge in [-0.2, -0.15) is 0 Å². The van der Waals surface area contributed by atoms with Crippen molar-refractivity contribution in [1.29, 1.82) is 0 Å². The second-order valence-corrected chi connectivity index (χ2v) is 4.60. The molecule has 0 aliphatic rings. The topological polar surface area (TPSA) is 43.0 Å². The van der Waals surface area contributed by atoms with E-state index in [1.807, 2.05) is 32.9 Å². The summed E-state index contributed by atoms with van der Waals surface area (Å²) in [6.45, 7) is 13.2. The van der Waals surface area contributed by atoms with Crippen LogP contribution in [0, 0.1) is 6.57 Å².